The average molecular weight is 319 g/mol. The number of nitriles is 1. The molecule has 122 valence electrons. The minimum Gasteiger partial charge on any atom is -0.353 e. The van der Waals surface area contributed by atoms with Crippen LogP contribution in [0.3, 0.4) is 0 Å². The lowest BCUT2D eigenvalue weighted by Crippen LogP contribution is -2.68. The molecule has 0 aliphatic carbocycles. The van der Waals surface area contributed by atoms with Gasteiger partial charge >= 0.3 is 0 Å². The predicted octanol–water partition coefficient (Wildman–Crippen LogP) is 2.43. The van der Waals surface area contributed by atoms with Gasteiger partial charge in [-0.25, -0.2) is 9.97 Å². The molecule has 3 aliphatic heterocycles. The number of rotatable bonds is 3. The first-order valence-corrected chi connectivity index (χ1v) is 8.43. The summed E-state index contributed by atoms with van der Waals surface area (Å²) in [5, 5.41) is 8.90. The Morgan fingerprint density at radius 2 is 1.83 bits per heavy atom. The molecule has 0 radical (unpaired) electrons. The van der Waals surface area contributed by atoms with Crippen LogP contribution in [-0.2, 0) is 6.54 Å². The fourth-order valence-electron chi connectivity index (χ4n) is 3.86. The summed E-state index contributed by atoms with van der Waals surface area (Å²) in [7, 11) is 0. The van der Waals surface area contributed by atoms with Crippen LogP contribution in [0.4, 0.5) is 5.82 Å². The van der Waals surface area contributed by atoms with Gasteiger partial charge in [0.1, 0.15) is 12.1 Å². The standard InChI is InChI=1S/C19H21N5/c1-13-14(2)21-12-22-19(13)23-10-17-7-18(11-23)24(17)9-16-5-3-15(8-20)4-6-16/h3-6,12,17-18H,7,9-11H2,1-2H3. The maximum atomic E-state index is 8.90. The van der Waals surface area contributed by atoms with Crippen molar-refractivity contribution in [1.29, 1.82) is 5.26 Å². The van der Waals surface area contributed by atoms with Crippen molar-refractivity contribution in [2.75, 3.05) is 18.0 Å². The number of hydrogen-bond acceptors (Lipinski definition) is 5. The van der Waals surface area contributed by atoms with Crippen molar-refractivity contribution in [3.63, 3.8) is 0 Å². The third kappa shape index (κ3) is 2.53. The Balaban J connectivity index is 1.45. The molecule has 3 fully saturated rings. The molecule has 2 atom stereocenters. The van der Waals surface area contributed by atoms with Crippen LogP contribution < -0.4 is 4.90 Å². The molecule has 3 aliphatic rings. The van der Waals surface area contributed by atoms with Crippen molar-refractivity contribution >= 4 is 5.82 Å². The number of anilines is 1. The highest BCUT2D eigenvalue weighted by Crippen LogP contribution is 2.36. The molecule has 0 N–H and O–H groups in total. The Morgan fingerprint density at radius 1 is 1.12 bits per heavy atom. The van der Waals surface area contributed by atoms with Gasteiger partial charge < -0.3 is 4.90 Å². The smallest absolute Gasteiger partial charge is 0.135 e. The lowest BCUT2D eigenvalue weighted by Gasteiger charge is -2.57. The number of aryl methyl sites for hydroxylation is 1. The van der Waals surface area contributed by atoms with Gasteiger partial charge in [-0.3, -0.25) is 4.90 Å². The molecular weight excluding hydrogens is 298 g/mol. The van der Waals surface area contributed by atoms with Crippen LogP contribution in [-0.4, -0.2) is 40.0 Å². The van der Waals surface area contributed by atoms with Gasteiger partial charge in [0.15, 0.2) is 0 Å². The molecule has 5 heteroatoms. The summed E-state index contributed by atoms with van der Waals surface area (Å²) >= 11 is 0. The monoisotopic (exact) mass is 319 g/mol. The first-order valence-electron chi connectivity index (χ1n) is 8.43. The van der Waals surface area contributed by atoms with Crippen LogP contribution in [0.2, 0.25) is 0 Å². The van der Waals surface area contributed by atoms with Crippen molar-refractivity contribution in [3.05, 3.63) is 53.0 Å². The van der Waals surface area contributed by atoms with E-state index in [0.29, 0.717) is 12.1 Å². The van der Waals surface area contributed by atoms with Crippen LogP contribution in [0.25, 0.3) is 0 Å². The maximum Gasteiger partial charge on any atom is 0.135 e. The number of hydrogen-bond donors (Lipinski definition) is 0. The summed E-state index contributed by atoms with van der Waals surface area (Å²) in [6.45, 7) is 7.19. The van der Waals surface area contributed by atoms with E-state index in [1.165, 1.54) is 17.5 Å². The van der Waals surface area contributed by atoms with Gasteiger partial charge in [-0.2, -0.15) is 5.26 Å². The quantitative estimate of drug-likeness (QED) is 0.869. The fraction of sp³-hybridized carbons (Fsp3) is 0.421. The summed E-state index contributed by atoms with van der Waals surface area (Å²) in [6, 6.07) is 11.3. The van der Waals surface area contributed by atoms with Gasteiger partial charge in [0.25, 0.3) is 0 Å². The van der Waals surface area contributed by atoms with Gasteiger partial charge in [-0.1, -0.05) is 12.1 Å². The molecule has 2 aromatic rings. The Bertz CT molecular complexity index is 780. The van der Waals surface area contributed by atoms with Crippen LogP contribution in [0.15, 0.2) is 30.6 Å². The zero-order chi connectivity index (χ0) is 16.7. The van der Waals surface area contributed by atoms with E-state index >= 15 is 0 Å². The normalized spacial score (nSPS) is 22.8. The lowest BCUT2D eigenvalue weighted by atomic mass is 9.86. The second-order valence-electron chi connectivity index (χ2n) is 6.84. The number of piperazine rings is 1. The zero-order valence-electron chi connectivity index (χ0n) is 14.1. The third-order valence-electron chi connectivity index (χ3n) is 5.40. The molecule has 5 nitrogen and oxygen atoms in total. The molecule has 5 rings (SSSR count). The summed E-state index contributed by atoms with van der Waals surface area (Å²) < 4.78 is 0. The number of nitrogens with zero attached hydrogens (tertiary/aromatic N) is 5. The van der Waals surface area contributed by atoms with Crippen molar-refractivity contribution in [1.82, 2.24) is 14.9 Å². The van der Waals surface area contributed by atoms with E-state index in [-0.39, 0.29) is 0 Å². The zero-order valence-corrected chi connectivity index (χ0v) is 14.1. The summed E-state index contributed by atoms with van der Waals surface area (Å²) in [5.74, 6) is 1.09. The molecule has 1 aromatic heterocycles. The Kier molecular flexibility index (Phi) is 3.70. The molecular formula is C19H21N5. The Hall–Kier alpha value is -2.45. The maximum absolute atomic E-state index is 8.90. The molecule has 2 unspecified atom stereocenters. The SMILES string of the molecule is Cc1ncnc(N2CC3CC(C2)N3Cc2ccc(C#N)cc2)c1C. The Labute approximate surface area is 142 Å². The highest BCUT2D eigenvalue weighted by atomic mass is 15.4. The lowest BCUT2D eigenvalue weighted by molar-refractivity contribution is -0.00873. The molecule has 2 bridgehead atoms. The first kappa shape index (κ1) is 15.1. The number of benzene rings is 1. The second kappa shape index (κ2) is 5.88. The van der Waals surface area contributed by atoms with E-state index in [4.69, 9.17) is 5.26 Å². The second-order valence-corrected chi connectivity index (χ2v) is 6.84. The number of fused-ring (bicyclic) bond motifs is 2. The fourth-order valence-corrected chi connectivity index (χ4v) is 3.86. The van der Waals surface area contributed by atoms with Crippen molar-refractivity contribution < 1.29 is 0 Å². The predicted molar refractivity (Wildman–Crippen MR) is 92.6 cm³/mol. The summed E-state index contributed by atoms with van der Waals surface area (Å²) in [5.41, 5.74) is 4.26. The highest BCUT2D eigenvalue weighted by Gasteiger charge is 2.44. The molecule has 24 heavy (non-hydrogen) atoms. The Morgan fingerprint density at radius 3 is 2.50 bits per heavy atom. The van der Waals surface area contributed by atoms with E-state index < -0.39 is 0 Å². The van der Waals surface area contributed by atoms with E-state index in [0.717, 1.165) is 36.7 Å². The average Bonchev–Trinajstić information content (AvgIpc) is 2.62. The van der Waals surface area contributed by atoms with Crippen LogP contribution in [0, 0.1) is 25.2 Å². The molecule has 3 saturated heterocycles. The van der Waals surface area contributed by atoms with Crippen LogP contribution in [0.5, 0.6) is 0 Å². The summed E-state index contributed by atoms with van der Waals surface area (Å²) in [4.78, 5) is 13.8. The van der Waals surface area contributed by atoms with Crippen molar-refractivity contribution in [2.24, 2.45) is 0 Å². The third-order valence-corrected chi connectivity index (χ3v) is 5.40. The summed E-state index contributed by atoms with van der Waals surface area (Å²) in [6.07, 6.45) is 2.95. The van der Waals surface area contributed by atoms with Gasteiger partial charge in [0.2, 0.25) is 0 Å². The van der Waals surface area contributed by atoms with E-state index in [1.807, 2.05) is 19.1 Å². The van der Waals surface area contributed by atoms with Crippen LogP contribution >= 0.6 is 0 Å². The number of aromatic nitrogens is 2. The molecule has 0 amide bonds. The highest BCUT2D eigenvalue weighted by molar-refractivity contribution is 5.49. The first-order chi connectivity index (χ1) is 11.7. The van der Waals surface area contributed by atoms with Gasteiger partial charge in [0, 0.05) is 43.0 Å². The van der Waals surface area contributed by atoms with E-state index in [9.17, 15) is 0 Å². The van der Waals surface area contributed by atoms with E-state index in [1.54, 1.807) is 6.33 Å². The molecule has 1 aromatic carbocycles. The van der Waals surface area contributed by atoms with Gasteiger partial charge in [0.05, 0.1) is 11.6 Å². The van der Waals surface area contributed by atoms with Crippen LogP contribution in [0.1, 0.15) is 28.8 Å². The van der Waals surface area contributed by atoms with Crippen molar-refractivity contribution in [2.45, 2.75) is 38.9 Å². The topological polar surface area (TPSA) is 56.1 Å². The molecule has 4 heterocycles. The largest absolute Gasteiger partial charge is 0.353 e. The van der Waals surface area contributed by atoms with E-state index in [2.05, 4.69) is 44.9 Å². The van der Waals surface area contributed by atoms with Crippen molar-refractivity contribution in [3.8, 4) is 6.07 Å². The molecule has 0 spiro atoms. The minimum atomic E-state index is 0.592. The number of piperidine rings is 1. The minimum absolute atomic E-state index is 0.592. The van der Waals surface area contributed by atoms with Gasteiger partial charge in [-0.05, 0) is 38.0 Å². The molecule has 0 saturated carbocycles. The van der Waals surface area contributed by atoms with Gasteiger partial charge in [-0.15, -0.1) is 0 Å².